The molecule has 24 heavy (non-hydrogen) atoms. The molecule has 1 aliphatic rings. The van der Waals surface area contributed by atoms with Gasteiger partial charge >= 0.3 is 6.03 Å². The molecule has 0 aliphatic carbocycles. The van der Waals surface area contributed by atoms with E-state index in [1.807, 2.05) is 4.90 Å². The molecule has 6 nitrogen and oxygen atoms in total. The van der Waals surface area contributed by atoms with Gasteiger partial charge in [0.05, 0.1) is 26.0 Å². The summed E-state index contributed by atoms with van der Waals surface area (Å²) in [7, 11) is 3.23. The largest absolute Gasteiger partial charge is 0.495 e. The van der Waals surface area contributed by atoms with E-state index >= 15 is 0 Å². The van der Waals surface area contributed by atoms with E-state index < -0.39 is 0 Å². The number of amides is 2. The van der Waals surface area contributed by atoms with Gasteiger partial charge in [-0.15, -0.1) is 0 Å². The van der Waals surface area contributed by atoms with E-state index in [9.17, 15) is 4.79 Å². The number of nitrogens with zero attached hydrogens (tertiary/aromatic N) is 1. The predicted octanol–water partition coefficient (Wildman–Crippen LogP) is 3.26. The van der Waals surface area contributed by atoms with Crippen LogP contribution in [0.1, 0.15) is 12.8 Å². The lowest BCUT2D eigenvalue weighted by atomic mass is 9.98. The van der Waals surface area contributed by atoms with Crippen molar-refractivity contribution in [2.24, 2.45) is 5.92 Å². The number of hydrogen-bond donors (Lipinski definition) is 1. The van der Waals surface area contributed by atoms with E-state index in [0.717, 1.165) is 19.4 Å². The van der Waals surface area contributed by atoms with Crippen LogP contribution in [-0.4, -0.2) is 58.1 Å². The molecule has 0 spiro atoms. The number of nitrogens with one attached hydrogen (secondary N) is 1. The van der Waals surface area contributed by atoms with Crippen LogP contribution in [-0.2, 0) is 9.47 Å². The van der Waals surface area contributed by atoms with E-state index in [1.54, 1.807) is 32.4 Å². The highest BCUT2D eigenvalue weighted by atomic mass is 35.5. The van der Waals surface area contributed by atoms with Crippen LogP contribution >= 0.6 is 11.6 Å². The van der Waals surface area contributed by atoms with Crippen molar-refractivity contribution >= 4 is 23.3 Å². The molecule has 2 amide bonds. The van der Waals surface area contributed by atoms with E-state index in [0.29, 0.717) is 48.7 Å². The summed E-state index contributed by atoms with van der Waals surface area (Å²) in [6.07, 6.45) is 1.88. The fourth-order valence-electron chi connectivity index (χ4n) is 2.67. The van der Waals surface area contributed by atoms with Gasteiger partial charge in [0.2, 0.25) is 0 Å². The van der Waals surface area contributed by atoms with Gasteiger partial charge < -0.3 is 24.4 Å². The second-order valence-electron chi connectivity index (χ2n) is 5.77. The molecule has 0 saturated carbocycles. The molecule has 0 bridgehead atoms. The van der Waals surface area contributed by atoms with Gasteiger partial charge in [-0.1, -0.05) is 11.6 Å². The van der Waals surface area contributed by atoms with Crippen molar-refractivity contribution in [3.8, 4) is 5.75 Å². The van der Waals surface area contributed by atoms with Crippen LogP contribution in [0.15, 0.2) is 18.2 Å². The summed E-state index contributed by atoms with van der Waals surface area (Å²) in [5, 5.41) is 3.43. The van der Waals surface area contributed by atoms with E-state index in [4.69, 9.17) is 25.8 Å². The topological polar surface area (TPSA) is 60.0 Å². The van der Waals surface area contributed by atoms with Crippen LogP contribution in [0, 0.1) is 5.92 Å². The molecule has 1 aromatic rings. The molecule has 1 N–H and O–H groups in total. The number of likely N-dealkylation sites (tertiary alicyclic amines) is 1. The highest BCUT2D eigenvalue weighted by Gasteiger charge is 2.23. The molecule has 1 saturated heterocycles. The Kier molecular flexibility index (Phi) is 7.62. The van der Waals surface area contributed by atoms with Crippen LogP contribution in [0.3, 0.4) is 0 Å². The molecule has 0 unspecified atom stereocenters. The highest BCUT2D eigenvalue weighted by Crippen LogP contribution is 2.28. The monoisotopic (exact) mass is 356 g/mol. The average Bonchev–Trinajstić information content (AvgIpc) is 2.59. The second kappa shape index (κ2) is 9.71. The van der Waals surface area contributed by atoms with Crippen LogP contribution in [0.2, 0.25) is 5.02 Å². The number of benzene rings is 1. The van der Waals surface area contributed by atoms with Crippen LogP contribution in [0.5, 0.6) is 5.75 Å². The molecule has 0 aromatic heterocycles. The van der Waals surface area contributed by atoms with Gasteiger partial charge in [0.15, 0.2) is 0 Å². The maximum absolute atomic E-state index is 12.4. The molecular formula is C17H25ClN2O4. The lowest BCUT2D eigenvalue weighted by Gasteiger charge is -2.32. The van der Waals surface area contributed by atoms with Crippen molar-refractivity contribution in [2.75, 3.05) is 52.4 Å². The molecule has 7 heteroatoms. The van der Waals surface area contributed by atoms with E-state index in [2.05, 4.69) is 5.32 Å². The Morgan fingerprint density at radius 2 is 2.04 bits per heavy atom. The fourth-order valence-corrected chi connectivity index (χ4v) is 2.84. The number of piperidine rings is 1. The smallest absolute Gasteiger partial charge is 0.321 e. The fraction of sp³-hybridized carbons (Fsp3) is 0.588. The van der Waals surface area contributed by atoms with Crippen molar-refractivity contribution in [3.05, 3.63) is 23.2 Å². The zero-order valence-electron chi connectivity index (χ0n) is 14.2. The first-order valence-corrected chi connectivity index (χ1v) is 8.48. The number of halogens is 1. The number of urea groups is 1. The van der Waals surface area contributed by atoms with Gasteiger partial charge in [0.25, 0.3) is 0 Å². The van der Waals surface area contributed by atoms with Crippen molar-refractivity contribution in [3.63, 3.8) is 0 Å². The van der Waals surface area contributed by atoms with Gasteiger partial charge in [-0.3, -0.25) is 0 Å². The van der Waals surface area contributed by atoms with Crippen molar-refractivity contribution in [2.45, 2.75) is 12.8 Å². The standard InChI is InChI=1S/C17H25ClN2O4/c1-22-9-10-24-12-13-5-7-20(8-6-13)17(21)19-15-11-14(18)3-4-16(15)23-2/h3-4,11,13H,5-10,12H2,1-2H3,(H,19,21). The molecular weight excluding hydrogens is 332 g/mol. The maximum atomic E-state index is 12.4. The zero-order chi connectivity index (χ0) is 17.4. The van der Waals surface area contributed by atoms with Crippen LogP contribution < -0.4 is 10.1 Å². The maximum Gasteiger partial charge on any atom is 0.321 e. The van der Waals surface area contributed by atoms with Gasteiger partial charge in [-0.05, 0) is 37.0 Å². The number of methoxy groups -OCH3 is 2. The summed E-state index contributed by atoms with van der Waals surface area (Å²) >= 11 is 5.99. The van der Waals surface area contributed by atoms with Crippen molar-refractivity contribution in [1.82, 2.24) is 4.90 Å². The summed E-state index contributed by atoms with van der Waals surface area (Å²) in [5.41, 5.74) is 0.583. The molecule has 1 aromatic carbocycles. The predicted molar refractivity (Wildman–Crippen MR) is 94.0 cm³/mol. The van der Waals surface area contributed by atoms with Crippen molar-refractivity contribution < 1.29 is 19.0 Å². The third kappa shape index (κ3) is 5.54. The highest BCUT2D eigenvalue weighted by molar-refractivity contribution is 6.31. The lowest BCUT2D eigenvalue weighted by molar-refractivity contribution is 0.0386. The average molecular weight is 357 g/mol. The first-order valence-electron chi connectivity index (χ1n) is 8.10. The Labute approximate surface area is 148 Å². The van der Waals surface area contributed by atoms with Gasteiger partial charge in [-0.2, -0.15) is 0 Å². The number of carbonyl (C=O) groups is 1. The minimum Gasteiger partial charge on any atom is -0.495 e. The Balaban J connectivity index is 1.80. The van der Waals surface area contributed by atoms with Gasteiger partial charge in [0, 0.05) is 31.8 Å². The Morgan fingerprint density at radius 1 is 1.29 bits per heavy atom. The first kappa shape index (κ1) is 18.8. The molecule has 0 radical (unpaired) electrons. The van der Waals surface area contributed by atoms with E-state index in [-0.39, 0.29) is 6.03 Å². The Bertz CT molecular complexity index is 533. The summed E-state index contributed by atoms with van der Waals surface area (Å²) in [6.45, 7) is 3.38. The SMILES string of the molecule is COCCOCC1CCN(C(=O)Nc2cc(Cl)ccc2OC)CC1. The second-order valence-corrected chi connectivity index (χ2v) is 6.21. The summed E-state index contributed by atoms with van der Waals surface area (Å²) in [5.74, 6) is 1.08. The summed E-state index contributed by atoms with van der Waals surface area (Å²) < 4.78 is 15.8. The molecule has 1 fully saturated rings. The number of hydrogen-bond acceptors (Lipinski definition) is 4. The quantitative estimate of drug-likeness (QED) is 0.762. The number of carbonyl (C=O) groups excluding carboxylic acids is 1. The van der Waals surface area contributed by atoms with E-state index in [1.165, 1.54) is 0 Å². The number of ether oxygens (including phenoxy) is 3. The molecule has 2 rings (SSSR count). The summed E-state index contributed by atoms with van der Waals surface area (Å²) in [4.78, 5) is 14.2. The van der Waals surface area contributed by atoms with Gasteiger partial charge in [0.1, 0.15) is 5.75 Å². The van der Waals surface area contributed by atoms with Crippen molar-refractivity contribution in [1.29, 1.82) is 0 Å². The lowest BCUT2D eigenvalue weighted by Crippen LogP contribution is -2.41. The first-order chi connectivity index (χ1) is 11.6. The molecule has 0 atom stereocenters. The molecule has 1 aliphatic heterocycles. The third-order valence-electron chi connectivity index (χ3n) is 4.09. The Morgan fingerprint density at radius 3 is 2.71 bits per heavy atom. The van der Waals surface area contributed by atoms with Crippen LogP contribution in [0.25, 0.3) is 0 Å². The number of rotatable bonds is 7. The third-order valence-corrected chi connectivity index (χ3v) is 4.33. The van der Waals surface area contributed by atoms with Crippen LogP contribution in [0.4, 0.5) is 10.5 Å². The normalized spacial score (nSPS) is 15.4. The zero-order valence-corrected chi connectivity index (χ0v) is 15.0. The summed E-state index contributed by atoms with van der Waals surface area (Å²) in [6, 6.07) is 5.02. The molecule has 134 valence electrons. The van der Waals surface area contributed by atoms with Gasteiger partial charge in [-0.25, -0.2) is 4.79 Å². The Hall–Kier alpha value is -1.50. The molecule has 1 heterocycles. The number of anilines is 1. The minimum absolute atomic E-state index is 0.130. The minimum atomic E-state index is -0.130.